The van der Waals surface area contributed by atoms with E-state index in [-0.39, 0.29) is 30.3 Å². The maximum atomic E-state index is 12.3. The molecular weight excluding hydrogens is 311 g/mol. The highest BCUT2D eigenvalue weighted by Crippen LogP contribution is 2.24. The van der Waals surface area contributed by atoms with Gasteiger partial charge in [-0.05, 0) is 23.6 Å². The zero-order valence-corrected chi connectivity index (χ0v) is 13.9. The van der Waals surface area contributed by atoms with Crippen LogP contribution in [-0.2, 0) is 9.53 Å². The van der Waals surface area contributed by atoms with Crippen molar-refractivity contribution in [3.8, 4) is 0 Å². The minimum Gasteiger partial charge on any atom is -0.370 e. The number of carbonyl (C=O) groups is 1. The number of ether oxygens (including phenoxy) is 1. The first kappa shape index (κ1) is 18.2. The summed E-state index contributed by atoms with van der Waals surface area (Å²) in [5, 5.41) is 0.694. The molecule has 21 heavy (non-hydrogen) atoms. The number of amides is 1. The third kappa shape index (κ3) is 4.58. The van der Waals surface area contributed by atoms with Gasteiger partial charge in [-0.1, -0.05) is 37.6 Å². The van der Waals surface area contributed by atoms with Gasteiger partial charge in [0.25, 0.3) is 0 Å². The number of nitrogens with zero attached hydrogens (tertiary/aromatic N) is 1. The second-order valence-corrected chi connectivity index (χ2v) is 5.90. The number of nitrogens with two attached hydrogens (primary N) is 1. The van der Waals surface area contributed by atoms with E-state index in [1.54, 1.807) is 4.90 Å². The lowest BCUT2D eigenvalue weighted by molar-refractivity contribution is -0.141. The summed E-state index contributed by atoms with van der Waals surface area (Å²) in [6, 6.07) is 7.09. The minimum atomic E-state index is -0.445. The summed E-state index contributed by atoms with van der Waals surface area (Å²) in [4.78, 5) is 14.1. The molecule has 1 aromatic carbocycles. The van der Waals surface area contributed by atoms with E-state index in [4.69, 9.17) is 22.1 Å². The molecule has 118 valence electrons. The van der Waals surface area contributed by atoms with E-state index >= 15 is 0 Å². The van der Waals surface area contributed by atoms with Crippen molar-refractivity contribution >= 4 is 29.9 Å². The molecule has 1 aliphatic heterocycles. The normalized spacial score (nSPS) is 20.0. The Morgan fingerprint density at radius 3 is 2.57 bits per heavy atom. The van der Waals surface area contributed by atoms with Crippen molar-refractivity contribution in [3.63, 3.8) is 0 Å². The van der Waals surface area contributed by atoms with Gasteiger partial charge in [0.2, 0.25) is 5.91 Å². The van der Waals surface area contributed by atoms with Gasteiger partial charge >= 0.3 is 0 Å². The third-order valence-electron chi connectivity index (χ3n) is 3.62. The number of halogens is 2. The fraction of sp³-hybridized carbons (Fsp3) is 0.533. The predicted octanol–water partition coefficient (Wildman–Crippen LogP) is 2.65. The Balaban J connectivity index is 0.00000220. The van der Waals surface area contributed by atoms with Crippen LogP contribution in [0.4, 0.5) is 0 Å². The standard InChI is InChI=1S/C15H21ClN2O2.ClH/c1-10(2)14(17)15(19)18-7-8-20-13(9-18)11-3-5-12(16)6-4-11;/h3-6,10,13-14H,7-9,17H2,1-2H3;1H/t13?,14-;/m0./s1. The van der Waals surface area contributed by atoms with Crippen LogP contribution in [0.3, 0.4) is 0 Å². The summed E-state index contributed by atoms with van der Waals surface area (Å²) in [6.07, 6.45) is -0.107. The highest BCUT2D eigenvalue weighted by atomic mass is 35.5. The molecule has 2 atom stereocenters. The average Bonchev–Trinajstić information content (AvgIpc) is 2.46. The lowest BCUT2D eigenvalue weighted by atomic mass is 10.0. The first-order valence-corrected chi connectivity index (χ1v) is 7.28. The topological polar surface area (TPSA) is 55.6 Å². The molecular formula is C15H22Cl2N2O2. The molecule has 0 bridgehead atoms. The lowest BCUT2D eigenvalue weighted by Crippen LogP contribution is -2.51. The van der Waals surface area contributed by atoms with Crippen LogP contribution in [-0.4, -0.2) is 36.5 Å². The maximum Gasteiger partial charge on any atom is 0.239 e. The Morgan fingerprint density at radius 2 is 2.00 bits per heavy atom. The molecule has 0 aliphatic carbocycles. The molecule has 1 aliphatic rings. The largest absolute Gasteiger partial charge is 0.370 e. The molecule has 1 heterocycles. The van der Waals surface area contributed by atoms with Crippen LogP contribution in [0.25, 0.3) is 0 Å². The van der Waals surface area contributed by atoms with E-state index in [9.17, 15) is 4.79 Å². The van der Waals surface area contributed by atoms with Crippen LogP contribution >= 0.6 is 24.0 Å². The van der Waals surface area contributed by atoms with Gasteiger partial charge in [-0.2, -0.15) is 0 Å². The summed E-state index contributed by atoms with van der Waals surface area (Å²) in [7, 11) is 0. The van der Waals surface area contributed by atoms with Crippen molar-refractivity contribution in [1.29, 1.82) is 0 Å². The summed E-state index contributed by atoms with van der Waals surface area (Å²) < 4.78 is 5.75. The Kier molecular flexibility index (Phi) is 6.94. The Hall–Kier alpha value is -0.810. The summed E-state index contributed by atoms with van der Waals surface area (Å²) in [5.74, 6) is 0.140. The molecule has 1 fully saturated rings. The first-order valence-electron chi connectivity index (χ1n) is 6.90. The Bertz CT molecular complexity index is 465. The number of hydrogen-bond donors (Lipinski definition) is 1. The van der Waals surface area contributed by atoms with E-state index in [1.807, 2.05) is 38.1 Å². The van der Waals surface area contributed by atoms with Crippen molar-refractivity contribution < 1.29 is 9.53 Å². The molecule has 1 saturated heterocycles. The summed E-state index contributed by atoms with van der Waals surface area (Å²) >= 11 is 5.88. The monoisotopic (exact) mass is 332 g/mol. The van der Waals surface area contributed by atoms with Gasteiger partial charge in [0.1, 0.15) is 6.10 Å². The van der Waals surface area contributed by atoms with Crippen LogP contribution in [0, 0.1) is 5.92 Å². The van der Waals surface area contributed by atoms with Crippen molar-refractivity contribution in [2.75, 3.05) is 19.7 Å². The number of benzene rings is 1. The van der Waals surface area contributed by atoms with Crippen LogP contribution < -0.4 is 5.73 Å². The summed E-state index contributed by atoms with van der Waals surface area (Å²) in [6.45, 7) is 5.59. The zero-order chi connectivity index (χ0) is 14.7. The van der Waals surface area contributed by atoms with Crippen molar-refractivity contribution in [2.24, 2.45) is 11.7 Å². The molecule has 0 radical (unpaired) electrons. The molecule has 1 unspecified atom stereocenters. The molecule has 0 saturated carbocycles. The van der Waals surface area contributed by atoms with Gasteiger partial charge in [-0.3, -0.25) is 4.79 Å². The third-order valence-corrected chi connectivity index (χ3v) is 3.88. The lowest BCUT2D eigenvalue weighted by Gasteiger charge is -2.35. The molecule has 4 nitrogen and oxygen atoms in total. The molecule has 1 amide bonds. The number of hydrogen-bond acceptors (Lipinski definition) is 3. The zero-order valence-electron chi connectivity index (χ0n) is 12.3. The highest BCUT2D eigenvalue weighted by molar-refractivity contribution is 6.30. The van der Waals surface area contributed by atoms with Gasteiger partial charge in [-0.25, -0.2) is 0 Å². The van der Waals surface area contributed by atoms with E-state index in [0.29, 0.717) is 24.7 Å². The van der Waals surface area contributed by atoms with E-state index < -0.39 is 6.04 Å². The number of carbonyl (C=O) groups excluding carboxylic acids is 1. The fourth-order valence-corrected chi connectivity index (χ4v) is 2.35. The molecule has 1 aromatic rings. The van der Waals surface area contributed by atoms with E-state index in [1.165, 1.54) is 0 Å². The molecule has 0 aromatic heterocycles. The minimum absolute atomic E-state index is 0. The quantitative estimate of drug-likeness (QED) is 0.925. The predicted molar refractivity (Wildman–Crippen MR) is 86.8 cm³/mol. The van der Waals surface area contributed by atoms with Crippen LogP contribution in [0.5, 0.6) is 0 Å². The van der Waals surface area contributed by atoms with Gasteiger partial charge < -0.3 is 15.4 Å². The molecule has 0 spiro atoms. The first-order chi connectivity index (χ1) is 9.49. The SMILES string of the molecule is CC(C)[C@H](N)C(=O)N1CCOC(c2ccc(Cl)cc2)C1.Cl. The second kappa shape index (κ2) is 7.99. The van der Waals surface area contributed by atoms with Gasteiger partial charge in [0.15, 0.2) is 0 Å². The van der Waals surface area contributed by atoms with E-state index in [0.717, 1.165) is 5.56 Å². The van der Waals surface area contributed by atoms with Crippen molar-refractivity contribution in [1.82, 2.24) is 4.90 Å². The van der Waals surface area contributed by atoms with Crippen LogP contribution in [0.2, 0.25) is 5.02 Å². The van der Waals surface area contributed by atoms with Crippen LogP contribution in [0.15, 0.2) is 24.3 Å². The second-order valence-electron chi connectivity index (χ2n) is 5.47. The molecule has 2 rings (SSSR count). The number of rotatable bonds is 3. The highest BCUT2D eigenvalue weighted by Gasteiger charge is 2.29. The molecule has 6 heteroatoms. The average molecular weight is 333 g/mol. The summed E-state index contributed by atoms with van der Waals surface area (Å²) in [5.41, 5.74) is 6.98. The Morgan fingerprint density at radius 1 is 1.38 bits per heavy atom. The number of morpholine rings is 1. The maximum absolute atomic E-state index is 12.3. The fourth-order valence-electron chi connectivity index (χ4n) is 2.22. The Labute approximate surface area is 137 Å². The van der Waals surface area contributed by atoms with Gasteiger partial charge in [0, 0.05) is 11.6 Å². The molecule has 2 N–H and O–H groups in total. The van der Waals surface area contributed by atoms with Crippen molar-refractivity contribution in [3.05, 3.63) is 34.9 Å². The van der Waals surface area contributed by atoms with Crippen LogP contribution in [0.1, 0.15) is 25.5 Å². The van der Waals surface area contributed by atoms with Gasteiger partial charge in [-0.15, -0.1) is 12.4 Å². The smallest absolute Gasteiger partial charge is 0.239 e. The van der Waals surface area contributed by atoms with Gasteiger partial charge in [0.05, 0.1) is 19.2 Å². The van der Waals surface area contributed by atoms with E-state index in [2.05, 4.69) is 0 Å². The van der Waals surface area contributed by atoms with Crippen molar-refractivity contribution in [2.45, 2.75) is 26.0 Å².